The molecule has 1 N–H and O–H groups in total. The van der Waals surface area contributed by atoms with Gasteiger partial charge in [-0.05, 0) is 19.1 Å². The predicted octanol–water partition coefficient (Wildman–Crippen LogP) is 1.89. The van der Waals surface area contributed by atoms with Crippen LogP contribution in [0.2, 0.25) is 0 Å². The molecule has 1 heterocycles. The van der Waals surface area contributed by atoms with Crippen LogP contribution >= 0.6 is 0 Å². The van der Waals surface area contributed by atoms with E-state index in [1.807, 2.05) is 0 Å². The molecular weight excluding hydrogens is 333 g/mol. The van der Waals surface area contributed by atoms with E-state index in [9.17, 15) is 37.7 Å². The van der Waals surface area contributed by atoms with Crippen molar-refractivity contribution in [2.24, 2.45) is 5.92 Å². The summed E-state index contributed by atoms with van der Waals surface area (Å²) in [5, 5.41) is 13.4. The molecule has 7 nitrogen and oxygen atoms in total. The summed E-state index contributed by atoms with van der Waals surface area (Å²) in [4.78, 5) is 45.9. The van der Waals surface area contributed by atoms with Gasteiger partial charge in [0.1, 0.15) is 0 Å². The topological polar surface area (TPSA) is 106 Å². The number of alkyl halides is 3. The molecule has 0 saturated carbocycles. The summed E-state index contributed by atoms with van der Waals surface area (Å²) in [6.45, 7) is 1.54. The molecule has 1 amide bonds. The van der Waals surface area contributed by atoms with Gasteiger partial charge >= 0.3 is 6.18 Å². The molecule has 24 heavy (non-hydrogen) atoms. The van der Waals surface area contributed by atoms with E-state index >= 15 is 0 Å². The molecule has 128 valence electrons. The Morgan fingerprint density at radius 1 is 1.33 bits per heavy atom. The second-order valence-corrected chi connectivity index (χ2v) is 5.36. The van der Waals surface area contributed by atoms with Crippen LogP contribution in [0.15, 0.2) is 18.2 Å². The van der Waals surface area contributed by atoms with Gasteiger partial charge in [0.05, 0.1) is 16.1 Å². The Labute approximate surface area is 133 Å². The number of amides is 1. The number of carbonyl (C=O) groups excluding carboxylic acids is 3. The molecule has 0 bridgehead atoms. The summed E-state index contributed by atoms with van der Waals surface area (Å²) in [7, 11) is 0. The molecule has 0 radical (unpaired) electrons. The van der Waals surface area contributed by atoms with E-state index in [0.717, 1.165) is 0 Å². The molecule has 2 unspecified atom stereocenters. The third kappa shape index (κ3) is 3.26. The van der Waals surface area contributed by atoms with Gasteiger partial charge in [0.15, 0.2) is 17.5 Å². The molecule has 1 saturated heterocycles. The van der Waals surface area contributed by atoms with Gasteiger partial charge in [-0.1, -0.05) is 0 Å². The monoisotopic (exact) mass is 344 g/mol. The number of nitrogens with one attached hydrogen (secondary N) is 1. The molecule has 2 atom stereocenters. The summed E-state index contributed by atoms with van der Waals surface area (Å²) in [6.07, 6.45) is -4.98. The first kappa shape index (κ1) is 17.6. The average Bonchev–Trinajstić information content (AvgIpc) is 2.44. The molecule has 10 heteroatoms. The maximum absolute atomic E-state index is 12.7. The Kier molecular flexibility index (Phi) is 4.41. The van der Waals surface area contributed by atoms with Gasteiger partial charge < -0.3 is 5.32 Å². The summed E-state index contributed by atoms with van der Waals surface area (Å²) in [6, 6.07) is 0.827. The van der Waals surface area contributed by atoms with Crippen molar-refractivity contribution in [1.82, 2.24) is 5.32 Å². The third-order valence-corrected chi connectivity index (χ3v) is 3.53. The SMILES string of the molecule is CC1CC(=O)C(C(=O)c2ccc(C(F)(F)F)cc2[N+](=O)[O-])C(=O)N1. The Morgan fingerprint density at radius 3 is 2.46 bits per heavy atom. The number of rotatable bonds is 3. The van der Waals surface area contributed by atoms with E-state index in [1.54, 1.807) is 0 Å². The standard InChI is InChI=1S/C14H11F3N2O5/c1-6-4-10(20)11(13(22)18-6)12(21)8-3-2-7(14(15,16)17)5-9(8)19(23)24/h2-3,5-6,11H,4H2,1H3,(H,18,22). The van der Waals surface area contributed by atoms with E-state index in [2.05, 4.69) is 5.32 Å². The molecule has 2 rings (SSSR count). The lowest BCUT2D eigenvalue weighted by Gasteiger charge is -2.24. The third-order valence-electron chi connectivity index (χ3n) is 3.53. The smallest absolute Gasteiger partial charge is 0.352 e. The highest BCUT2D eigenvalue weighted by molar-refractivity contribution is 6.25. The highest BCUT2D eigenvalue weighted by Crippen LogP contribution is 2.34. The largest absolute Gasteiger partial charge is 0.416 e. The van der Waals surface area contributed by atoms with Crippen LogP contribution < -0.4 is 5.32 Å². The molecule has 1 aliphatic heterocycles. The number of ketones is 2. The lowest BCUT2D eigenvalue weighted by Crippen LogP contribution is -2.50. The average molecular weight is 344 g/mol. The fraction of sp³-hybridized carbons (Fsp3) is 0.357. The van der Waals surface area contributed by atoms with Crippen LogP contribution in [0.4, 0.5) is 18.9 Å². The highest BCUT2D eigenvalue weighted by Gasteiger charge is 2.42. The minimum atomic E-state index is -4.83. The second kappa shape index (κ2) is 6.02. The van der Waals surface area contributed by atoms with Crippen molar-refractivity contribution in [3.05, 3.63) is 39.4 Å². The van der Waals surface area contributed by atoms with Crippen LogP contribution in [0, 0.1) is 16.0 Å². The van der Waals surface area contributed by atoms with Crippen molar-refractivity contribution >= 4 is 23.2 Å². The number of hydrogen-bond acceptors (Lipinski definition) is 5. The van der Waals surface area contributed by atoms with Crippen molar-refractivity contribution in [3.63, 3.8) is 0 Å². The first-order valence-electron chi connectivity index (χ1n) is 6.75. The van der Waals surface area contributed by atoms with Crippen molar-refractivity contribution < 1.29 is 32.5 Å². The van der Waals surface area contributed by atoms with Gasteiger partial charge in [-0.2, -0.15) is 13.2 Å². The fourth-order valence-electron chi connectivity index (χ4n) is 2.43. The number of nitro benzene ring substituents is 1. The normalized spacial score (nSPS) is 21.3. The van der Waals surface area contributed by atoms with Crippen LogP contribution in [-0.4, -0.2) is 28.4 Å². The van der Waals surface area contributed by atoms with Crippen LogP contribution in [0.5, 0.6) is 0 Å². The Hall–Kier alpha value is -2.78. The zero-order valence-corrected chi connectivity index (χ0v) is 12.2. The molecule has 1 aromatic carbocycles. The quantitative estimate of drug-likeness (QED) is 0.390. The number of piperidine rings is 1. The number of Topliss-reactive ketones (excluding diaryl/α,β-unsaturated/α-hetero) is 2. The van der Waals surface area contributed by atoms with Gasteiger partial charge in [0.2, 0.25) is 5.91 Å². The van der Waals surface area contributed by atoms with E-state index in [4.69, 9.17) is 0 Å². The Bertz CT molecular complexity index is 726. The maximum Gasteiger partial charge on any atom is 0.416 e. The highest BCUT2D eigenvalue weighted by atomic mass is 19.4. The van der Waals surface area contributed by atoms with Crippen molar-refractivity contribution in [3.8, 4) is 0 Å². The van der Waals surface area contributed by atoms with Crippen molar-refractivity contribution in [2.45, 2.75) is 25.6 Å². The molecule has 0 spiro atoms. The molecule has 0 aliphatic carbocycles. The Morgan fingerprint density at radius 2 is 1.96 bits per heavy atom. The maximum atomic E-state index is 12.7. The number of halogens is 3. The van der Waals surface area contributed by atoms with E-state index in [-0.39, 0.29) is 12.5 Å². The zero-order valence-electron chi connectivity index (χ0n) is 12.2. The zero-order chi connectivity index (χ0) is 18.2. The van der Waals surface area contributed by atoms with E-state index in [0.29, 0.717) is 12.1 Å². The molecule has 1 aliphatic rings. The number of hydrogen-bond donors (Lipinski definition) is 1. The molecule has 1 fully saturated rings. The van der Waals surface area contributed by atoms with Gasteiger partial charge in [-0.25, -0.2) is 0 Å². The van der Waals surface area contributed by atoms with Crippen LogP contribution in [0.1, 0.15) is 29.3 Å². The first-order chi connectivity index (χ1) is 11.0. The van der Waals surface area contributed by atoms with Gasteiger partial charge in [0.25, 0.3) is 5.69 Å². The molecule has 1 aromatic rings. The van der Waals surface area contributed by atoms with Crippen molar-refractivity contribution in [2.75, 3.05) is 0 Å². The lowest BCUT2D eigenvalue weighted by atomic mass is 9.86. The molecular formula is C14H11F3N2O5. The van der Waals surface area contributed by atoms with Crippen molar-refractivity contribution in [1.29, 1.82) is 0 Å². The molecule has 0 aromatic heterocycles. The lowest BCUT2D eigenvalue weighted by molar-refractivity contribution is -0.385. The first-order valence-corrected chi connectivity index (χ1v) is 6.75. The van der Waals surface area contributed by atoms with Crippen LogP contribution in [0.3, 0.4) is 0 Å². The summed E-state index contributed by atoms with van der Waals surface area (Å²) < 4.78 is 38.0. The Balaban J connectivity index is 2.48. The van der Waals surface area contributed by atoms with Gasteiger partial charge in [-0.15, -0.1) is 0 Å². The summed E-state index contributed by atoms with van der Waals surface area (Å²) in [5.41, 5.74) is -3.12. The number of benzene rings is 1. The van der Waals surface area contributed by atoms with E-state index < -0.39 is 57.3 Å². The van der Waals surface area contributed by atoms with E-state index in [1.165, 1.54) is 6.92 Å². The number of nitrogens with zero attached hydrogens (tertiary/aromatic N) is 1. The minimum Gasteiger partial charge on any atom is -0.352 e. The summed E-state index contributed by atoms with van der Waals surface area (Å²) >= 11 is 0. The van der Waals surface area contributed by atoms with Gasteiger partial charge in [0, 0.05) is 18.5 Å². The fourth-order valence-corrected chi connectivity index (χ4v) is 2.43. The van der Waals surface area contributed by atoms with Gasteiger partial charge in [-0.3, -0.25) is 24.5 Å². The number of nitro groups is 1. The predicted molar refractivity (Wildman–Crippen MR) is 73.1 cm³/mol. The minimum absolute atomic E-state index is 0.142. The van der Waals surface area contributed by atoms with Crippen LogP contribution in [0.25, 0.3) is 0 Å². The van der Waals surface area contributed by atoms with Crippen LogP contribution in [-0.2, 0) is 15.8 Å². The second-order valence-electron chi connectivity index (χ2n) is 5.36. The summed E-state index contributed by atoms with van der Waals surface area (Å²) in [5.74, 6) is -4.63. The number of carbonyl (C=O) groups is 3.